The predicted octanol–water partition coefficient (Wildman–Crippen LogP) is 4.05. The molecule has 2 N–H and O–H groups in total. The van der Waals surface area contributed by atoms with Crippen LogP contribution in [0.25, 0.3) is 0 Å². The molecule has 0 aromatic heterocycles. The van der Waals surface area contributed by atoms with E-state index in [2.05, 4.69) is 10.0 Å². The number of hydrogen-bond acceptors (Lipinski definition) is 6. The normalized spacial score (nSPS) is 12.1. The van der Waals surface area contributed by atoms with Crippen molar-refractivity contribution in [3.05, 3.63) is 57.6 Å². The molecule has 0 aliphatic heterocycles. The minimum Gasteiger partial charge on any atom is -0.379 e. The van der Waals surface area contributed by atoms with Gasteiger partial charge in [-0.25, -0.2) is 8.42 Å². The average Bonchev–Trinajstić information content (AvgIpc) is 2.60. The van der Waals surface area contributed by atoms with Crippen molar-refractivity contribution in [2.45, 2.75) is 18.7 Å². The number of para-hydroxylation sites is 1. The van der Waals surface area contributed by atoms with Gasteiger partial charge in [-0.15, -0.1) is 0 Å². The highest BCUT2D eigenvalue weighted by molar-refractivity contribution is 7.92. The lowest BCUT2D eigenvalue weighted by Crippen LogP contribution is -2.34. The molecule has 8 nitrogen and oxygen atoms in total. The van der Waals surface area contributed by atoms with Crippen molar-refractivity contribution in [3.8, 4) is 0 Å². The largest absolute Gasteiger partial charge is 0.379 e. The van der Waals surface area contributed by atoms with Crippen molar-refractivity contribution >= 4 is 38.7 Å². The topological polar surface area (TPSA) is 105 Å². The summed E-state index contributed by atoms with van der Waals surface area (Å²) >= 11 is 6.00. The number of nitro benzene ring substituents is 1. The van der Waals surface area contributed by atoms with E-state index in [1.165, 1.54) is 18.2 Å². The molecule has 0 spiro atoms. The molecule has 0 aliphatic rings. The number of rotatable bonds is 9. The van der Waals surface area contributed by atoms with Gasteiger partial charge in [-0.2, -0.15) is 0 Å². The molecule has 10 heteroatoms. The van der Waals surface area contributed by atoms with Gasteiger partial charge in [0, 0.05) is 19.2 Å². The van der Waals surface area contributed by atoms with E-state index in [1.54, 1.807) is 18.2 Å². The number of nitro groups is 1. The molecule has 0 unspecified atom stereocenters. The number of sulfonamides is 1. The van der Waals surface area contributed by atoms with Gasteiger partial charge in [0.2, 0.25) is 0 Å². The third-order valence-corrected chi connectivity index (χ3v) is 5.79. The van der Waals surface area contributed by atoms with Gasteiger partial charge in [-0.1, -0.05) is 37.6 Å². The third-order valence-electron chi connectivity index (χ3n) is 4.10. The molecular formula is C19H25ClN4O4S. The van der Waals surface area contributed by atoms with Crippen LogP contribution in [0.2, 0.25) is 5.02 Å². The van der Waals surface area contributed by atoms with Gasteiger partial charge in [0.15, 0.2) is 0 Å². The molecule has 0 heterocycles. The summed E-state index contributed by atoms with van der Waals surface area (Å²) in [5.74, 6) is 0. The fourth-order valence-corrected chi connectivity index (χ4v) is 4.31. The Hall–Kier alpha value is -2.36. The van der Waals surface area contributed by atoms with Crippen LogP contribution in [0.4, 0.5) is 17.1 Å². The van der Waals surface area contributed by atoms with E-state index in [1.807, 2.05) is 32.8 Å². The lowest BCUT2D eigenvalue weighted by atomic mass is 9.93. The summed E-state index contributed by atoms with van der Waals surface area (Å²) in [7, 11) is -0.133. The first-order chi connectivity index (χ1) is 13.4. The zero-order valence-corrected chi connectivity index (χ0v) is 18.3. The summed E-state index contributed by atoms with van der Waals surface area (Å²) in [6, 6.07) is 10.1. The monoisotopic (exact) mass is 440 g/mol. The van der Waals surface area contributed by atoms with Crippen molar-refractivity contribution in [2.75, 3.05) is 37.2 Å². The Morgan fingerprint density at radius 2 is 1.79 bits per heavy atom. The van der Waals surface area contributed by atoms with E-state index >= 15 is 0 Å². The van der Waals surface area contributed by atoms with Crippen LogP contribution in [0.1, 0.15) is 13.8 Å². The fraction of sp³-hybridized carbons (Fsp3) is 0.368. The summed E-state index contributed by atoms with van der Waals surface area (Å²) in [4.78, 5) is 12.7. The Kier molecular flexibility index (Phi) is 7.10. The van der Waals surface area contributed by atoms with Gasteiger partial charge in [0.25, 0.3) is 15.7 Å². The Morgan fingerprint density at radius 3 is 2.38 bits per heavy atom. The van der Waals surface area contributed by atoms with Crippen LogP contribution < -0.4 is 10.0 Å². The van der Waals surface area contributed by atoms with E-state index in [-0.39, 0.29) is 32.4 Å². The zero-order valence-electron chi connectivity index (χ0n) is 16.8. The molecule has 0 bridgehead atoms. The lowest BCUT2D eigenvalue weighted by Gasteiger charge is -2.28. The minimum absolute atomic E-state index is 0.145. The molecular weight excluding hydrogens is 416 g/mol. The molecule has 29 heavy (non-hydrogen) atoms. The quantitative estimate of drug-likeness (QED) is 0.450. The van der Waals surface area contributed by atoms with Gasteiger partial charge in [0.05, 0.1) is 20.5 Å². The summed E-state index contributed by atoms with van der Waals surface area (Å²) in [5.41, 5.74) is 0.00366. The molecule has 0 saturated heterocycles. The molecule has 0 radical (unpaired) electrons. The van der Waals surface area contributed by atoms with Crippen molar-refractivity contribution in [2.24, 2.45) is 5.41 Å². The van der Waals surface area contributed by atoms with Crippen molar-refractivity contribution in [3.63, 3.8) is 0 Å². The summed E-state index contributed by atoms with van der Waals surface area (Å²) in [6.07, 6.45) is 0. The number of hydrogen-bond donors (Lipinski definition) is 2. The molecule has 0 amide bonds. The maximum Gasteiger partial charge on any atom is 0.293 e. The molecule has 2 rings (SSSR count). The minimum atomic E-state index is -4.04. The number of nitrogens with zero attached hydrogens (tertiary/aromatic N) is 2. The highest BCUT2D eigenvalue weighted by Gasteiger charge is 2.24. The van der Waals surface area contributed by atoms with Gasteiger partial charge in [-0.3, -0.25) is 14.8 Å². The third kappa shape index (κ3) is 6.31. The second kappa shape index (κ2) is 8.98. The van der Waals surface area contributed by atoms with Gasteiger partial charge < -0.3 is 10.2 Å². The van der Waals surface area contributed by atoms with Crippen LogP contribution in [0.3, 0.4) is 0 Å². The van der Waals surface area contributed by atoms with Gasteiger partial charge in [0.1, 0.15) is 5.69 Å². The van der Waals surface area contributed by atoms with Crippen LogP contribution in [-0.4, -0.2) is 45.4 Å². The molecule has 0 aliphatic carbocycles. The van der Waals surface area contributed by atoms with Crippen LogP contribution in [0.5, 0.6) is 0 Å². The molecule has 2 aromatic rings. The highest BCUT2D eigenvalue weighted by atomic mass is 35.5. The lowest BCUT2D eigenvalue weighted by molar-refractivity contribution is -0.384. The van der Waals surface area contributed by atoms with E-state index in [0.29, 0.717) is 6.54 Å². The Bertz CT molecular complexity index is 993. The van der Waals surface area contributed by atoms with Crippen LogP contribution in [0, 0.1) is 15.5 Å². The second-order valence-corrected chi connectivity index (χ2v) is 9.87. The van der Waals surface area contributed by atoms with Gasteiger partial charge in [-0.05, 0) is 43.8 Å². The first kappa shape index (κ1) is 22.9. The van der Waals surface area contributed by atoms with Crippen molar-refractivity contribution < 1.29 is 13.3 Å². The Morgan fingerprint density at radius 1 is 1.14 bits per heavy atom. The highest BCUT2D eigenvalue weighted by Crippen LogP contribution is 2.31. The molecule has 2 aromatic carbocycles. The van der Waals surface area contributed by atoms with Crippen molar-refractivity contribution in [1.29, 1.82) is 0 Å². The molecule has 0 fully saturated rings. The average molecular weight is 441 g/mol. The Balaban J connectivity index is 2.29. The first-order valence-corrected chi connectivity index (χ1v) is 10.7. The maximum absolute atomic E-state index is 12.7. The number of halogens is 1. The van der Waals surface area contributed by atoms with Crippen LogP contribution in [-0.2, 0) is 10.0 Å². The SMILES string of the molecule is CN(C)CC(C)(C)CNc1ccc(S(=O)(=O)Nc2ccccc2Cl)cc1[N+](=O)[O-]. The summed E-state index contributed by atoms with van der Waals surface area (Å²) in [6.45, 7) is 5.34. The maximum atomic E-state index is 12.7. The number of nitrogens with one attached hydrogen (secondary N) is 2. The molecule has 0 saturated carbocycles. The standard InChI is InChI=1S/C19H25ClN4O4S/c1-19(2,13-23(3)4)12-21-17-10-9-14(11-18(17)24(25)26)29(27,28)22-16-8-6-5-7-15(16)20/h5-11,21-22H,12-13H2,1-4H3. The summed E-state index contributed by atoms with van der Waals surface area (Å²) in [5, 5.41) is 14.8. The Labute approximate surface area is 176 Å². The van der Waals surface area contributed by atoms with E-state index in [4.69, 9.17) is 11.6 Å². The number of benzene rings is 2. The molecule has 158 valence electrons. The van der Waals surface area contributed by atoms with E-state index in [0.717, 1.165) is 12.6 Å². The fourth-order valence-electron chi connectivity index (χ4n) is 2.97. The first-order valence-electron chi connectivity index (χ1n) is 8.86. The molecule has 0 atom stereocenters. The van der Waals surface area contributed by atoms with Crippen molar-refractivity contribution in [1.82, 2.24) is 4.90 Å². The van der Waals surface area contributed by atoms with Crippen LogP contribution in [0.15, 0.2) is 47.4 Å². The van der Waals surface area contributed by atoms with E-state index < -0.39 is 14.9 Å². The second-order valence-electron chi connectivity index (χ2n) is 7.78. The summed E-state index contributed by atoms with van der Waals surface area (Å²) < 4.78 is 27.7. The predicted molar refractivity (Wildman–Crippen MR) is 116 cm³/mol. The number of anilines is 2. The van der Waals surface area contributed by atoms with Gasteiger partial charge >= 0.3 is 0 Å². The van der Waals surface area contributed by atoms with E-state index in [9.17, 15) is 18.5 Å². The zero-order chi connectivity index (χ0) is 21.8. The van der Waals surface area contributed by atoms with Crippen LogP contribution >= 0.6 is 11.6 Å². The smallest absolute Gasteiger partial charge is 0.293 e.